The molecule has 1 aromatic heterocycles. The molecule has 1 heterocycles. The number of nitrogens with one attached hydrogen (secondary N) is 1. The van der Waals surface area contributed by atoms with Gasteiger partial charge in [0, 0.05) is 15.5 Å². The number of carbonyl (C=O) groups is 1. The van der Waals surface area contributed by atoms with Crippen molar-refractivity contribution in [2.24, 2.45) is 0 Å². The summed E-state index contributed by atoms with van der Waals surface area (Å²) < 4.78 is 6.60. The number of hydrogen-bond acceptors (Lipinski definition) is 2. The lowest BCUT2D eigenvalue weighted by atomic mass is 10.1. The van der Waals surface area contributed by atoms with E-state index < -0.39 is 0 Å². The maximum Gasteiger partial charge on any atom is 0.291 e. The van der Waals surface area contributed by atoms with Gasteiger partial charge in [0.25, 0.3) is 5.91 Å². The number of para-hydroxylation sites is 1. The quantitative estimate of drug-likeness (QED) is 0.689. The van der Waals surface area contributed by atoms with E-state index in [-0.39, 0.29) is 5.91 Å². The second-order valence-corrected chi connectivity index (χ2v) is 6.13. The van der Waals surface area contributed by atoms with Gasteiger partial charge >= 0.3 is 0 Å². The third-order valence-corrected chi connectivity index (χ3v) is 4.17. The first-order valence-electron chi connectivity index (χ1n) is 7.17. The SMILES string of the molecule is CCc1cccc(C)c1NC(=O)c1cc2cc(Br)ccc2o1. The zero-order valence-electron chi connectivity index (χ0n) is 12.4. The number of hydrogen-bond donors (Lipinski definition) is 1. The number of fused-ring (bicyclic) bond motifs is 1. The topological polar surface area (TPSA) is 42.2 Å². The van der Waals surface area contributed by atoms with Crippen LogP contribution in [0.5, 0.6) is 0 Å². The first kappa shape index (κ1) is 14.9. The van der Waals surface area contributed by atoms with Crippen LogP contribution in [0.4, 0.5) is 5.69 Å². The molecule has 0 aliphatic carbocycles. The largest absolute Gasteiger partial charge is 0.451 e. The molecule has 3 rings (SSSR count). The molecule has 0 bridgehead atoms. The Bertz CT molecular complexity index is 851. The van der Waals surface area contributed by atoms with E-state index in [4.69, 9.17) is 4.42 Å². The summed E-state index contributed by atoms with van der Waals surface area (Å²) in [5.41, 5.74) is 3.74. The highest BCUT2D eigenvalue weighted by molar-refractivity contribution is 9.10. The van der Waals surface area contributed by atoms with Crippen LogP contribution in [0.3, 0.4) is 0 Å². The molecular weight excluding hydrogens is 342 g/mol. The Hall–Kier alpha value is -2.07. The minimum atomic E-state index is -0.226. The fourth-order valence-corrected chi connectivity index (χ4v) is 2.88. The van der Waals surface area contributed by atoms with Crippen LogP contribution < -0.4 is 5.32 Å². The third kappa shape index (κ3) is 2.79. The molecule has 0 aliphatic heterocycles. The monoisotopic (exact) mass is 357 g/mol. The highest BCUT2D eigenvalue weighted by Crippen LogP contribution is 2.26. The molecule has 0 saturated carbocycles. The minimum absolute atomic E-state index is 0.226. The summed E-state index contributed by atoms with van der Waals surface area (Å²) in [5.74, 6) is 0.0923. The first-order valence-corrected chi connectivity index (χ1v) is 7.96. The van der Waals surface area contributed by atoms with Gasteiger partial charge in [-0.2, -0.15) is 0 Å². The van der Waals surface area contributed by atoms with Crippen LogP contribution in [-0.2, 0) is 6.42 Å². The molecule has 2 aromatic carbocycles. The molecule has 0 fully saturated rings. The molecule has 4 heteroatoms. The Labute approximate surface area is 137 Å². The molecule has 112 valence electrons. The van der Waals surface area contributed by atoms with E-state index in [1.54, 1.807) is 6.07 Å². The van der Waals surface area contributed by atoms with Crippen molar-refractivity contribution in [2.45, 2.75) is 20.3 Å². The highest BCUT2D eigenvalue weighted by atomic mass is 79.9. The second kappa shape index (κ2) is 5.97. The maximum absolute atomic E-state index is 12.5. The van der Waals surface area contributed by atoms with Gasteiger partial charge in [-0.05, 0) is 48.7 Å². The van der Waals surface area contributed by atoms with Crippen molar-refractivity contribution in [3.63, 3.8) is 0 Å². The molecule has 0 spiro atoms. The van der Waals surface area contributed by atoms with Gasteiger partial charge in [-0.15, -0.1) is 0 Å². The van der Waals surface area contributed by atoms with Crippen LogP contribution in [0.2, 0.25) is 0 Å². The zero-order valence-corrected chi connectivity index (χ0v) is 14.0. The summed E-state index contributed by atoms with van der Waals surface area (Å²) >= 11 is 3.42. The predicted molar refractivity (Wildman–Crippen MR) is 92.4 cm³/mol. The molecule has 3 aromatic rings. The number of rotatable bonds is 3. The fourth-order valence-electron chi connectivity index (χ4n) is 2.50. The first-order chi connectivity index (χ1) is 10.6. The summed E-state index contributed by atoms with van der Waals surface area (Å²) in [4.78, 5) is 12.5. The summed E-state index contributed by atoms with van der Waals surface area (Å²) in [6.07, 6.45) is 0.865. The van der Waals surface area contributed by atoms with E-state index in [1.165, 1.54) is 0 Å². The molecule has 3 nitrogen and oxygen atoms in total. The van der Waals surface area contributed by atoms with Crippen molar-refractivity contribution in [3.05, 3.63) is 63.8 Å². The lowest BCUT2D eigenvalue weighted by molar-refractivity contribution is 0.0998. The van der Waals surface area contributed by atoms with Crippen LogP contribution in [0.15, 0.2) is 51.4 Å². The average Bonchev–Trinajstić information content (AvgIpc) is 2.92. The Morgan fingerprint density at radius 2 is 2.05 bits per heavy atom. The normalized spacial score (nSPS) is 10.9. The van der Waals surface area contributed by atoms with E-state index in [2.05, 4.69) is 28.2 Å². The number of carbonyl (C=O) groups excluding carboxylic acids is 1. The lowest BCUT2D eigenvalue weighted by Gasteiger charge is -2.11. The van der Waals surface area contributed by atoms with Crippen molar-refractivity contribution in [3.8, 4) is 0 Å². The maximum atomic E-state index is 12.5. The summed E-state index contributed by atoms with van der Waals surface area (Å²) in [6, 6.07) is 13.5. The number of anilines is 1. The predicted octanol–water partition coefficient (Wildman–Crippen LogP) is 5.32. The Balaban J connectivity index is 1.93. The third-order valence-electron chi connectivity index (χ3n) is 3.68. The molecule has 0 aliphatic rings. The van der Waals surface area contributed by atoms with Gasteiger partial charge in [-0.3, -0.25) is 4.79 Å². The van der Waals surface area contributed by atoms with Gasteiger partial charge in [-0.1, -0.05) is 41.1 Å². The van der Waals surface area contributed by atoms with E-state index in [9.17, 15) is 4.79 Å². The van der Waals surface area contributed by atoms with Crippen molar-refractivity contribution >= 4 is 38.5 Å². The summed E-state index contributed by atoms with van der Waals surface area (Å²) in [7, 11) is 0. The smallest absolute Gasteiger partial charge is 0.291 e. The number of aryl methyl sites for hydroxylation is 2. The van der Waals surface area contributed by atoms with Crippen LogP contribution in [0.1, 0.15) is 28.6 Å². The molecular formula is C18H16BrNO2. The standard InChI is InChI=1S/C18H16BrNO2/c1-3-12-6-4-5-11(2)17(12)20-18(21)16-10-13-9-14(19)7-8-15(13)22-16/h4-10H,3H2,1-2H3,(H,20,21). The van der Waals surface area contributed by atoms with Crippen molar-refractivity contribution in [1.29, 1.82) is 0 Å². The van der Waals surface area contributed by atoms with Crippen LogP contribution in [0.25, 0.3) is 11.0 Å². The molecule has 0 radical (unpaired) electrons. The van der Waals surface area contributed by atoms with Crippen LogP contribution in [-0.4, -0.2) is 5.91 Å². The van der Waals surface area contributed by atoms with Crippen LogP contribution >= 0.6 is 15.9 Å². The molecule has 0 unspecified atom stereocenters. The van der Waals surface area contributed by atoms with Gasteiger partial charge in [0.05, 0.1) is 0 Å². The van der Waals surface area contributed by atoms with Crippen molar-refractivity contribution in [2.75, 3.05) is 5.32 Å². The Morgan fingerprint density at radius 3 is 2.82 bits per heavy atom. The zero-order chi connectivity index (χ0) is 15.7. The average molecular weight is 358 g/mol. The molecule has 1 amide bonds. The van der Waals surface area contributed by atoms with E-state index in [0.29, 0.717) is 11.3 Å². The van der Waals surface area contributed by atoms with Crippen molar-refractivity contribution < 1.29 is 9.21 Å². The van der Waals surface area contributed by atoms with E-state index >= 15 is 0 Å². The van der Waals surface area contributed by atoms with Crippen LogP contribution in [0, 0.1) is 6.92 Å². The Kier molecular flexibility index (Phi) is 4.03. The van der Waals surface area contributed by atoms with E-state index in [1.807, 2.05) is 43.3 Å². The molecule has 1 N–H and O–H groups in total. The second-order valence-electron chi connectivity index (χ2n) is 5.21. The van der Waals surface area contributed by atoms with Gasteiger partial charge in [0.15, 0.2) is 5.76 Å². The fraction of sp³-hybridized carbons (Fsp3) is 0.167. The number of halogens is 1. The molecule has 0 atom stereocenters. The number of furan rings is 1. The van der Waals surface area contributed by atoms with Gasteiger partial charge in [0.2, 0.25) is 0 Å². The summed E-state index contributed by atoms with van der Waals surface area (Å²) in [6.45, 7) is 4.06. The minimum Gasteiger partial charge on any atom is -0.451 e. The number of benzene rings is 2. The molecule has 22 heavy (non-hydrogen) atoms. The summed E-state index contributed by atoms with van der Waals surface area (Å²) in [5, 5.41) is 3.88. The van der Waals surface area contributed by atoms with Gasteiger partial charge in [-0.25, -0.2) is 0 Å². The Morgan fingerprint density at radius 1 is 1.23 bits per heavy atom. The molecule has 0 saturated heterocycles. The van der Waals surface area contributed by atoms with Crippen molar-refractivity contribution in [1.82, 2.24) is 0 Å². The van der Waals surface area contributed by atoms with E-state index in [0.717, 1.165) is 33.1 Å². The number of amides is 1. The lowest BCUT2D eigenvalue weighted by Crippen LogP contribution is -2.13. The highest BCUT2D eigenvalue weighted by Gasteiger charge is 2.15. The van der Waals surface area contributed by atoms with Gasteiger partial charge < -0.3 is 9.73 Å². The van der Waals surface area contributed by atoms with Gasteiger partial charge in [0.1, 0.15) is 5.58 Å².